The number of thioether (sulfide) groups is 1. The number of imidazole rings is 1. The zero-order valence-corrected chi connectivity index (χ0v) is 23.7. The molecule has 2 heterocycles. The minimum atomic E-state index is -0.583. The Balaban J connectivity index is 1.43. The third kappa shape index (κ3) is 7.85. The number of aromatic nitrogens is 2. The van der Waals surface area contributed by atoms with Gasteiger partial charge in [0.25, 0.3) is 0 Å². The number of esters is 1. The highest BCUT2D eigenvalue weighted by atomic mass is 32.2. The largest absolute Gasteiger partial charge is 0.465 e. The molecule has 4 rings (SSSR count). The van der Waals surface area contributed by atoms with Crippen LogP contribution in [-0.4, -0.2) is 51.7 Å². The summed E-state index contributed by atoms with van der Waals surface area (Å²) in [6.07, 6.45) is 2.81. The summed E-state index contributed by atoms with van der Waals surface area (Å²) in [6.45, 7) is 4.21. The predicted molar refractivity (Wildman–Crippen MR) is 150 cm³/mol. The molecule has 10 nitrogen and oxygen atoms in total. The van der Waals surface area contributed by atoms with Gasteiger partial charge >= 0.3 is 12.0 Å². The molecule has 1 fully saturated rings. The number of ether oxygens (including phenoxy) is 3. The number of hydrogen-bond acceptors (Lipinski definition) is 8. The van der Waals surface area contributed by atoms with Crippen LogP contribution in [-0.2, 0) is 39.2 Å². The molecule has 3 aromatic rings. The first-order valence-electron chi connectivity index (χ1n) is 13.2. The molecule has 0 aliphatic carbocycles. The first-order chi connectivity index (χ1) is 19.4. The fourth-order valence-electron chi connectivity index (χ4n) is 4.36. The van der Waals surface area contributed by atoms with Crippen molar-refractivity contribution in [3.05, 3.63) is 83.2 Å². The lowest BCUT2D eigenvalue weighted by Crippen LogP contribution is -2.39. The minimum absolute atomic E-state index is 0.00964. The van der Waals surface area contributed by atoms with Gasteiger partial charge in [0.15, 0.2) is 11.4 Å². The van der Waals surface area contributed by atoms with E-state index in [0.29, 0.717) is 12.3 Å². The van der Waals surface area contributed by atoms with Crippen LogP contribution < -0.4 is 10.6 Å². The van der Waals surface area contributed by atoms with Crippen LogP contribution in [0.25, 0.3) is 0 Å². The van der Waals surface area contributed by atoms with Gasteiger partial charge in [-0.3, -0.25) is 4.79 Å². The van der Waals surface area contributed by atoms with Crippen molar-refractivity contribution in [2.75, 3.05) is 18.9 Å². The molecule has 0 bridgehead atoms. The summed E-state index contributed by atoms with van der Waals surface area (Å²) in [5.41, 5.74) is 3.63. The zero-order valence-electron chi connectivity index (χ0n) is 22.9. The highest BCUT2D eigenvalue weighted by Crippen LogP contribution is 2.42. The Labute approximate surface area is 238 Å². The van der Waals surface area contributed by atoms with Crippen LogP contribution in [0.4, 0.5) is 4.79 Å². The molecule has 0 unspecified atom stereocenters. The maximum absolute atomic E-state index is 12.0. The van der Waals surface area contributed by atoms with Crippen molar-refractivity contribution in [3.63, 3.8) is 0 Å². The molecular weight excluding hydrogens is 532 g/mol. The quantitative estimate of drug-likeness (QED) is 0.235. The summed E-state index contributed by atoms with van der Waals surface area (Å²) in [5, 5.41) is 15.6. The smallest absolute Gasteiger partial charge is 0.325 e. The van der Waals surface area contributed by atoms with Crippen LogP contribution in [0.1, 0.15) is 48.5 Å². The molecule has 2 amide bonds. The topological polar surface area (TPSA) is 124 Å². The van der Waals surface area contributed by atoms with Gasteiger partial charge in [-0.1, -0.05) is 67.2 Å². The third-order valence-corrected chi connectivity index (χ3v) is 7.83. The number of aliphatic hydroxyl groups excluding tert-OH is 1. The standard InChI is InChI=1S/C29H36N4O6S/c1-4-37-25(35)16-32-28(36)31-15-20-5-11-23(12-6-20)27-38-24(18-40-29-30-13-14-33(29)3)19(2)26(39-27)22-9-7-21(17-34)8-10-22/h5-14,19,24,26-27,34H,4,15-18H2,1-3H3,(H2,31,32,36)/t19-,24+,26+,27+/m0/s1. The highest BCUT2D eigenvalue weighted by Gasteiger charge is 2.38. The average Bonchev–Trinajstić information content (AvgIpc) is 3.39. The number of urea groups is 1. The number of carbonyl (C=O) groups excluding carboxylic acids is 2. The van der Waals surface area contributed by atoms with E-state index in [2.05, 4.69) is 22.5 Å². The summed E-state index contributed by atoms with van der Waals surface area (Å²) >= 11 is 1.65. The number of hydrogen-bond donors (Lipinski definition) is 3. The van der Waals surface area contributed by atoms with Crippen molar-refractivity contribution in [1.29, 1.82) is 0 Å². The summed E-state index contributed by atoms with van der Waals surface area (Å²) in [5.74, 6) is 0.295. The van der Waals surface area contributed by atoms with Crippen LogP contribution in [0.2, 0.25) is 0 Å². The second kappa shape index (κ2) is 14.3. The molecule has 1 aliphatic rings. The van der Waals surface area contributed by atoms with Crippen LogP contribution in [0.15, 0.2) is 66.1 Å². The van der Waals surface area contributed by atoms with E-state index in [1.54, 1.807) is 24.9 Å². The second-order valence-electron chi connectivity index (χ2n) is 9.54. The van der Waals surface area contributed by atoms with Crippen LogP contribution in [0.5, 0.6) is 0 Å². The van der Waals surface area contributed by atoms with Gasteiger partial charge < -0.3 is 34.5 Å². The van der Waals surface area contributed by atoms with E-state index in [1.807, 2.05) is 66.3 Å². The Morgan fingerprint density at radius 3 is 2.40 bits per heavy atom. The highest BCUT2D eigenvalue weighted by molar-refractivity contribution is 7.99. The Bertz CT molecular complexity index is 1250. The Kier molecular flexibility index (Phi) is 10.6. The molecular formula is C29H36N4O6S. The third-order valence-electron chi connectivity index (χ3n) is 6.68. The molecule has 1 aromatic heterocycles. The molecule has 1 saturated heterocycles. The van der Waals surface area contributed by atoms with Gasteiger partial charge in [0.2, 0.25) is 0 Å². The molecule has 3 N–H and O–H groups in total. The maximum Gasteiger partial charge on any atom is 0.325 e. The fraction of sp³-hybridized carbons (Fsp3) is 0.414. The molecule has 0 saturated carbocycles. The van der Waals surface area contributed by atoms with E-state index in [9.17, 15) is 14.7 Å². The van der Waals surface area contributed by atoms with E-state index in [0.717, 1.165) is 27.4 Å². The fourth-order valence-corrected chi connectivity index (χ4v) is 5.45. The molecule has 4 atom stereocenters. The van der Waals surface area contributed by atoms with E-state index in [-0.39, 0.29) is 37.9 Å². The molecule has 0 spiro atoms. The monoisotopic (exact) mass is 568 g/mol. The van der Waals surface area contributed by atoms with Crippen molar-refractivity contribution in [2.24, 2.45) is 13.0 Å². The molecule has 1 aliphatic heterocycles. The lowest BCUT2D eigenvalue weighted by Gasteiger charge is -2.41. The average molecular weight is 569 g/mol. The summed E-state index contributed by atoms with van der Waals surface area (Å²) in [4.78, 5) is 27.8. The van der Waals surface area contributed by atoms with E-state index < -0.39 is 18.3 Å². The number of rotatable bonds is 11. The second-order valence-corrected chi connectivity index (χ2v) is 10.5. The molecule has 11 heteroatoms. The van der Waals surface area contributed by atoms with Gasteiger partial charge in [0.1, 0.15) is 6.54 Å². The number of aliphatic hydroxyl groups is 1. The Morgan fingerprint density at radius 2 is 1.75 bits per heavy atom. The minimum Gasteiger partial charge on any atom is -0.465 e. The van der Waals surface area contributed by atoms with Gasteiger partial charge in [-0.2, -0.15) is 0 Å². The SMILES string of the molecule is CCOC(=O)CNC(=O)NCc1ccc([C@@H]2O[C@H](CSc3nccn3C)[C@H](C)[C@H](c3ccc(CO)cc3)O2)cc1. The van der Waals surface area contributed by atoms with Crippen molar-refractivity contribution in [1.82, 2.24) is 20.2 Å². The van der Waals surface area contributed by atoms with Crippen molar-refractivity contribution < 1.29 is 28.9 Å². The summed E-state index contributed by atoms with van der Waals surface area (Å²) < 4.78 is 19.8. The lowest BCUT2D eigenvalue weighted by atomic mass is 9.91. The molecule has 0 radical (unpaired) electrons. The number of nitrogens with zero attached hydrogens (tertiary/aromatic N) is 2. The number of aryl methyl sites for hydroxylation is 1. The first-order valence-corrected chi connectivity index (χ1v) is 14.2. The number of benzene rings is 2. The first kappa shape index (κ1) is 29.6. The molecule has 2 aromatic carbocycles. The van der Waals surface area contributed by atoms with Crippen molar-refractivity contribution >= 4 is 23.8 Å². The number of amides is 2. The van der Waals surface area contributed by atoms with Gasteiger partial charge in [-0.05, 0) is 23.6 Å². The van der Waals surface area contributed by atoms with Crippen LogP contribution >= 0.6 is 11.8 Å². The summed E-state index contributed by atoms with van der Waals surface area (Å²) in [6, 6.07) is 15.1. The molecule has 214 valence electrons. The normalized spacial score (nSPS) is 20.6. The maximum atomic E-state index is 12.0. The lowest BCUT2D eigenvalue weighted by molar-refractivity contribution is -0.268. The summed E-state index contributed by atoms with van der Waals surface area (Å²) in [7, 11) is 1.97. The zero-order chi connectivity index (χ0) is 28.5. The number of carbonyl (C=O) groups is 2. The van der Waals surface area contributed by atoms with E-state index in [4.69, 9.17) is 14.2 Å². The predicted octanol–water partition coefficient (Wildman–Crippen LogP) is 3.86. The van der Waals surface area contributed by atoms with Gasteiger partial charge in [0, 0.05) is 43.2 Å². The Hall–Kier alpha value is -3.38. The van der Waals surface area contributed by atoms with Gasteiger partial charge in [-0.25, -0.2) is 9.78 Å². The van der Waals surface area contributed by atoms with Crippen molar-refractivity contribution in [2.45, 2.75) is 50.7 Å². The van der Waals surface area contributed by atoms with E-state index in [1.165, 1.54) is 0 Å². The van der Waals surface area contributed by atoms with Crippen LogP contribution in [0, 0.1) is 5.92 Å². The van der Waals surface area contributed by atoms with E-state index >= 15 is 0 Å². The Morgan fingerprint density at radius 1 is 1.05 bits per heavy atom. The van der Waals surface area contributed by atoms with Crippen LogP contribution in [0.3, 0.4) is 0 Å². The van der Waals surface area contributed by atoms with Crippen molar-refractivity contribution in [3.8, 4) is 0 Å². The van der Waals surface area contributed by atoms with Gasteiger partial charge in [-0.15, -0.1) is 0 Å². The number of nitrogens with one attached hydrogen (secondary N) is 2. The molecule has 40 heavy (non-hydrogen) atoms. The van der Waals surface area contributed by atoms with Gasteiger partial charge in [0.05, 0.1) is 25.4 Å².